The second-order valence-corrected chi connectivity index (χ2v) is 5.51. The number of carboxylic acids is 2. The zero-order valence-electron chi connectivity index (χ0n) is 11.1. The fourth-order valence-electron chi connectivity index (χ4n) is 1.96. The molecule has 0 fully saturated rings. The molecule has 0 aliphatic carbocycles. The van der Waals surface area contributed by atoms with Crippen LogP contribution in [0.3, 0.4) is 0 Å². The molecular formula is C13H10N4O4S. The van der Waals surface area contributed by atoms with Gasteiger partial charge in [0.05, 0.1) is 6.42 Å². The van der Waals surface area contributed by atoms with E-state index in [9.17, 15) is 9.59 Å². The SMILES string of the molecule is O=C(O)Cc1ccc(-c2nn3c(CC(=O)O)nnc3s2)cc1. The molecule has 0 amide bonds. The van der Waals surface area contributed by atoms with Crippen molar-refractivity contribution < 1.29 is 19.8 Å². The van der Waals surface area contributed by atoms with Gasteiger partial charge in [0, 0.05) is 5.56 Å². The summed E-state index contributed by atoms with van der Waals surface area (Å²) in [6, 6.07) is 7.01. The second-order valence-electron chi connectivity index (χ2n) is 4.56. The van der Waals surface area contributed by atoms with Gasteiger partial charge in [-0.1, -0.05) is 35.6 Å². The normalized spacial score (nSPS) is 10.9. The third-order valence-electron chi connectivity index (χ3n) is 2.92. The number of fused-ring (bicyclic) bond motifs is 1. The van der Waals surface area contributed by atoms with Crippen LogP contribution in [0.1, 0.15) is 11.4 Å². The Labute approximate surface area is 127 Å². The number of carbonyl (C=O) groups is 2. The summed E-state index contributed by atoms with van der Waals surface area (Å²) < 4.78 is 1.42. The minimum absolute atomic E-state index is 0.0336. The first-order valence-electron chi connectivity index (χ1n) is 6.27. The standard InChI is InChI=1S/C13H10N4O4S/c18-10(19)5-7-1-3-8(4-2-7)12-16-17-9(6-11(20)21)14-15-13(17)22-12/h1-4H,5-6H2,(H,18,19)(H,20,21). The molecule has 3 rings (SSSR count). The van der Waals surface area contributed by atoms with E-state index in [1.165, 1.54) is 15.9 Å². The van der Waals surface area contributed by atoms with Gasteiger partial charge in [-0.3, -0.25) is 9.59 Å². The largest absolute Gasteiger partial charge is 0.481 e. The van der Waals surface area contributed by atoms with Crippen LogP contribution in [-0.2, 0) is 22.4 Å². The van der Waals surface area contributed by atoms with E-state index >= 15 is 0 Å². The fraction of sp³-hybridized carbons (Fsp3) is 0.154. The molecule has 2 heterocycles. The Bertz CT molecular complexity index is 853. The zero-order valence-corrected chi connectivity index (χ0v) is 11.9. The molecule has 2 aromatic heterocycles. The Hall–Kier alpha value is -2.81. The Balaban J connectivity index is 1.91. The van der Waals surface area contributed by atoms with Crippen LogP contribution in [0.25, 0.3) is 15.5 Å². The van der Waals surface area contributed by atoms with E-state index in [0.717, 1.165) is 5.56 Å². The van der Waals surface area contributed by atoms with Gasteiger partial charge in [-0.15, -0.1) is 10.2 Å². The molecule has 0 bridgehead atoms. The molecule has 0 aliphatic rings. The number of rotatable bonds is 5. The predicted molar refractivity (Wildman–Crippen MR) is 76.8 cm³/mol. The van der Waals surface area contributed by atoms with E-state index in [1.807, 2.05) is 0 Å². The van der Waals surface area contributed by atoms with Crippen molar-refractivity contribution in [3.63, 3.8) is 0 Å². The number of nitrogens with zero attached hydrogens (tertiary/aromatic N) is 4. The molecule has 0 saturated heterocycles. The molecular weight excluding hydrogens is 308 g/mol. The molecule has 3 aromatic rings. The minimum Gasteiger partial charge on any atom is -0.481 e. The van der Waals surface area contributed by atoms with Crippen molar-refractivity contribution in [2.75, 3.05) is 0 Å². The van der Waals surface area contributed by atoms with E-state index in [1.54, 1.807) is 24.3 Å². The highest BCUT2D eigenvalue weighted by molar-refractivity contribution is 7.19. The topological polar surface area (TPSA) is 118 Å². The van der Waals surface area contributed by atoms with E-state index in [4.69, 9.17) is 10.2 Å². The van der Waals surface area contributed by atoms with Crippen LogP contribution < -0.4 is 0 Å². The lowest BCUT2D eigenvalue weighted by molar-refractivity contribution is -0.137. The monoisotopic (exact) mass is 318 g/mol. The smallest absolute Gasteiger partial charge is 0.311 e. The zero-order chi connectivity index (χ0) is 15.7. The van der Waals surface area contributed by atoms with E-state index in [0.29, 0.717) is 15.5 Å². The Morgan fingerprint density at radius 2 is 1.73 bits per heavy atom. The van der Waals surface area contributed by atoms with Crippen LogP contribution in [0.2, 0.25) is 0 Å². The number of carboxylic acid groups (broad SMARTS) is 2. The molecule has 2 N–H and O–H groups in total. The lowest BCUT2D eigenvalue weighted by Gasteiger charge is -1.99. The van der Waals surface area contributed by atoms with Gasteiger partial charge in [-0.25, -0.2) is 0 Å². The third-order valence-corrected chi connectivity index (χ3v) is 3.87. The number of aliphatic carboxylic acids is 2. The summed E-state index contributed by atoms with van der Waals surface area (Å²) in [6.45, 7) is 0. The van der Waals surface area contributed by atoms with Gasteiger partial charge in [0.2, 0.25) is 4.96 Å². The molecule has 22 heavy (non-hydrogen) atoms. The van der Waals surface area contributed by atoms with Crippen molar-refractivity contribution in [3.05, 3.63) is 35.7 Å². The van der Waals surface area contributed by atoms with Gasteiger partial charge >= 0.3 is 11.9 Å². The van der Waals surface area contributed by atoms with E-state index < -0.39 is 11.9 Å². The van der Waals surface area contributed by atoms with Crippen molar-refractivity contribution in [2.24, 2.45) is 0 Å². The van der Waals surface area contributed by atoms with Crippen LogP contribution in [0, 0.1) is 0 Å². The molecule has 8 nitrogen and oxygen atoms in total. The Kier molecular flexibility index (Phi) is 3.55. The van der Waals surface area contributed by atoms with Crippen LogP contribution >= 0.6 is 11.3 Å². The molecule has 0 radical (unpaired) electrons. The lowest BCUT2D eigenvalue weighted by Crippen LogP contribution is -2.05. The van der Waals surface area contributed by atoms with Crippen molar-refractivity contribution in [2.45, 2.75) is 12.8 Å². The molecule has 1 aromatic carbocycles. The average molecular weight is 318 g/mol. The summed E-state index contributed by atoms with van der Waals surface area (Å²) in [4.78, 5) is 21.9. The van der Waals surface area contributed by atoms with Crippen molar-refractivity contribution in [3.8, 4) is 10.6 Å². The average Bonchev–Trinajstić information content (AvgIpc) is 3.01. The van der Waals surface area contributed by atoms with Gasteiger partial charge in [-0.2, -0.15) is 9.61 Å². The van der Waals surface area contributed by atoms with E-state index in [2.05, 4.69) is 15.3 Å². The van der Waals surface area contributed by atoms with Crippen LogP contribution in [0.15, 0.2) is 24.3 Å². The van der Waals surface area contributed by atoms with Gasteiger partial charge in [0.25, 0.3) is 0 Å². The van der Waals surface area contributed by atoms with Crippen molar-refractivity contribution in [1.82, 2.24) is 19.8 Å². The van der Waals surface area contributed by atoms with Crippen molar-refractivity contribution >= 4 is 28.2 Å². The Morgan fingerprint density at radius 1 is 1.05 bits per heavy atom. The molecule has 9 heteroatoms. The molecule has 0 saturated carbocycles. The van der Waals surface area contributed by atoms with E-state index in [-0.39, 0.29) is 18.7 Å². The maximum absolute atomic E-state index is 10.8. The number of hydrogen-bond donors (Lipinski definition) is 2. The summed E-state index contributed by atoms with van der Waals surface area (Å²) in [5.41, 5.74) is 1.51. The van der Waals surface area contributed by atoms with Gasteiger partial charge in [0.15, 0.2) is 5.82 Å². The molecule has 0 atom stereocenters. The first-order chi connectivity index (χ1) is 10.5. The molecule has 112 valence electrons. The van der Waals surface area contributed by atoms with Gasteiger partial charge < -0.3 is 10.2 Å². The highest BCUT2D eigenvalue weighted by Gasteiger charge is 2.15. The minimum atomic E-state index is -0.998. The second kappa shape index (κ2) is 5.53. The molecule has 0 aliphatic heterocycles. The number of aromatic nitrogens is 4. The summed E-state index contributed by atoms with van der Waals surface area (Å²) in [5, 5.41) is 30.2. The molecule has 0 unspecified atom stereocenters. The fourth-order valence-corrected chi connectivity index (χ4v) is 2.82. The summed E-state index contributed by atoms with van der Waals surface area (Å²) in [7, 11) is 0. The van der Waals surface area contributed by atoms with Crippen molar-refractivity contribution in [1.29, 1.82) is 0 Å². The highest BCUT2D eigenvalue weighted by Crippen LogP contribution is 2.25. The molecule has 0 spiro atoms. The van der Waals surface area contributed by atoms with Gasteiger partial charge in [0.1, 0.15) is 11.4 Å². The predicted octanol–water partition coefficient (Wildman–Crippen LogP) is 1.11. The lowest BCUT2D eigenvalue weighted by atomic mass is 10.1. The quantitative estimate of drug-likeness (QED) is 0.723. The maximum atomic E-state index is 10.8. The number of hydrogen-bond acceptors (Lipinski definition) is 6. The third kappa shape index (κ3) is 2.79. The van der Waals surface area contributed by atoms with Crippen LogP contribution in [0.4, 0.5) is 0 Å². The first kappa shape index (κ1) is 14.1. The summed E-state index contributed by atoms with van der Waals surface area (Å²) >= 11 is 1.29. The van der Waals surface area contributed by atoms with Crippen LogP contribution in [-0.4, -0.2) is 42.0 Å². The van der Waals surface area contributed by atoms with Gasteiger partial charge in [-0.05, 0) is 5.56 Å². The Morgan fingerprint density at radius 3 is 2.36 bits per heavy atom. The maximum Gasteiger partial charge on any atom is 0.311 e. The number of benzene rings is 1. The first-order valence-corrected chi connectivity index (χ1v) is 7.08. The summed E-state index contributed by atoms with van der Waals surface area (Å²) in [5.74, 6) is -1.61. The summed E-state index contributed by atoms with van der Waals surface area (Å²) in [6.07, 6.45) is -0.282. The highest BCUT2D eigenvalue weighted by atomic mass is 32.1. The van der Waals surface area contributed by atoms with Crippen LogP contribution in [0.5, 0.6) is 0 Å².